The van der Waals surface area contributed by atoms with Crippen molar-refractivity contribution in [2.45, 2.75) is 37.3 Å². The highest BCUT2D eigenvalue weighted by Gasteiger charge is 2.45. The smallest absolute Gasteiger partial charge is 0.338 e. The summed E-state index contributed by atoms with van der Waals surface area (Å²) in [4.78, 5) is 24.4. The molecule has 3 aromatic rings. The monoisotopic (exact) mass is 558 g/mol. The van der Waals surface area contributed by atoms with Crippen LogP contribution >= 0.6 is 0 Å². The van der Waals surface area contributed by atoms with Crippen molar-refractivity contribution in [2.24, 2.45) is 0 Å². The van der Waals surface area contributed by atoms with Gasteiger partial charge in [-0.15, -0.1) is 0 Å². The second-order valence-electron chi connectivity index (χ2n) is 8.86. The van der Waals surface area contributed by atoms with Crippen molar-refractivity contribution in [3.05, 3.63) is 77.4 Å². The molecule has 1 fully saturated rings. The molecule has 4 rings (SSSR count). The summed E-state index contributed by atoms with van der Waals surface area (Å²) in [5.41, 5.74) is 0.524. The molecular weight excluding hydrogens is 532 g/mol. The summed E-state index contributed by atoms with van der Waals surface area (Å²) < 4.78 is 21.4. The van der Waals surface area contributed by atoms with Gasteiger partial charge in [0.1, 0.15) is 43.4 Å². The Bertz CT molecular complexity index is 1360. The summed E-state index contributed by atoms with van der Waals surface area (Å²) in [6.45, 7) is -0.658. The van der Waals surface area contributed by atoms with E-state index in [9.17, 15) is 45.3 Å². The fraction of sp³-hybridized carbons (Fsp3) is 0.259. The van der Waals surface area contributed by atoms with E-state index < -0.39 is 66.5 Å². The van der Waals surface area contributed by atoms with Gasteiger partial charge in [-0.05, 0) is 54.1 Å². The molecule has 1 aliphatic heterocycles. The minimum atomic E-state index is -1.70. The van der Waals surface area contributed by atoms with Crippen LogP contribution in [0.25, 0.3) is 0 Å². The van der Waals surface area contributed by atoms with Crippen LogP contribution in [0.15, 0.2) is 60.7 Å². The predicted molar refractivity (Wildman–Crippen MR) is 133 cm³/mol. The van der Waals surface area contributed by atoms with E-state index in [1.54, 1.807) is 12.1 Å². The Kier molecular flexibility index (Phi) is 8.60. The summed E-state index contributed by atoms with van der Waals surface area (Å²) in [5, 5.41) is 68.7. The van der Waals surface area contributed by atoms with Gasteiger partial charge in [-0.3, -0.25) is 0 Å². The van der Waals surface area contributed by atoms with Gasteiger partial charge in [-0.25, -0.2) is 9.59 Å². The summed E-state index contributed by atoms with van der Waals surface area (Å²) in [6.07, 6.45) is -7.71. The maximum absolute atomic E-state index is 12.3. The van der Waals surface area contributed by atoms with Gasteiger partial charge < -0.3 is 54.7 Å². The molecule has 13 heteroatoms. The van der Waals surface area contributed by atoms with Crippen LogP contribution in [-0.2, 0) is 20.8 Å². The first-order valence-electron chi connectivity index (χ1n) is 11.9. The Morgan fingerprint density at radius 2 is 1.23 bits per heavy atom. The average Bonchev–Trinajstić information content (AvgIpc) is 2.94. The fourth-order valence-electron chi connectivity index (χ4n) is 3.72. The molecule has 1 saturated heterocycles. The molecular formula is C27H26O13. The zero-order chi connectivity index (χ0) is 29.0. The molecule has 0 aliphatic carbocycles. The SMILES string of the molecule is O=C(OCc1ccc(OC2OC(COC(=O)c3ccc(O)c(O)c3)C(O)C(O)C2O)cc1)c1ccc(O)c(O)c1. The van der Waals surface area contributed by atoms with Crippen LogP contribution in [-0.4, -0.2) is 85.0 Å². The first-order chi connectivity index (χ1) is 19.0. The van der Waals surface area contributed by atoms with Crippen LogP contribution in [0.4, 0.5) is 0 Å². The van der Waals surface area contributed by atoms with Crippen molar-refractivity contribution >= 4 is 11.9 Å². The number of carbonyl (C=O) groups is 2. The zero-order valence-corrected chi connectivity index (χ0v) is 20.7. The summed E-state index contributed by atoms with van der Waals surface area (Å²) in [6, 6.07) is 12.9. The zero-order valence-electron chi connectivity index (χ0n) is 20.7. The van der Waals surface area contributed by atoms with E-state index in [0.29, 0.717) is 5.56 Å². The lowest BCUT2D eigenvalue weighted by Gasteiger charge is -2.39. The third-order valence-electron chi connectivity index (χ3n) is 6.01. The second-order valence-corrected chi connectivity index (χ2v) is 8.86. The van der Waals surface area contributed by atoms with Crippen molar-refractivity contribution < 1.29 is 64.3 Å². The molecule has 5 atom stereocenters. The van der Waals surface area contributed by atoms with Crippen molar-refractivity contribution in [3.8, 4) is 28.7 Å². The van der Waals surface area contributed by atoms with Crippen LogP contribution < -0.4 is 4.74 Å². The Morgan fingerprint density at radius 3 is 1.77 bits per heavy atom. The third kappa shape index (κ3) is 6.52. The Labute approximate surface area is 226 Å². The minimum absolute atomic E-state index is 0.0425. The maximum atomic E-state index is 12.3. The minimum Gasteiger partial charge on any atom is -0.504 e. The lowest BCUT2D eigenvalue weighted by Crippen LogP contribution is -2.60. The quantitative estimate of drug-likeness (QED) is 0.151. The second kappa shape index (κ2) is 12.1. The molecule has 1 heterocycles. The van der Waals surface area contributed by atoms with Gasteiger partial charge in [0.15, 0.2) is 23.0 Å². The lowest BCUT2D eigenvalue weighted by molar-refractivity contribution is -0.277. The van der Waals surface area contributed by atoms with Crippen molar-refractivity contribution in [3.63, 3.8) is 0 Å². The number of benzene rings is 3. The molecule has 0 amide bonds. The van der Waals surface area contributed by atoms with Crippen molar-refractivity contribution in [1.82, 2.24) is 0 Å². The Hall–Kier alpha value is -4.56. The Morgan fingerprint density at radius 1 is 0.675 bits per heavy atom. The average molecular weight is 558 g/mol. The number of aliphatic hydroxyl groups is 3. The van der Waals surface area contributed by atoms with Crippen LogP contribution in [0.1, 0.15) is 26.3 Å². The van der Waals surface area contributed by atoms with Gasteiger partial charge in [0.2, 0.25) is 6.29 Å². The predicted octanol–water partition coefficient (Wildman–Crippen LogP) is 0.909. The third-order valence-corrected chi connectivity index (χ3v) is 6.01. The van der Waals surface area contributed by atoms with Gasteiger partial charge in [0, 0.05) is 0 Å². The molecule has 1 aliphatic rings. The lowest BCUT2D eigenvalue weighted by atomic mass is 9.99. The van der Waals surface area contributed by atoms with Gasteiger partial charge >= 0.3 is 11.9 Å². The number of phenols is 4. The molecule has 40 heavy (non-hydrogen) atoms. The van der Waals surface area contributed by atoms with Crippen LogP contribution in [0.2, 0.25) is 0 Å². The van der Waals surface area contributed by atoms with Gasteiger partial charge in [0.25, 0.3) is 0 Å². The van der Waals surface area contributed by atoms with Gasteiger partial charge in [0.05, 0.1) is 11.1 Å². The molecule has 0 saturated carbocycles. The van der Waals surface area contributed by atoms with Crippen LogP contribution in [0.3, 0.4) is 0 Å². The summed E-state index contributed by atoms with van der Waals surface area (Å²) >= 11 is 0. The number of phenolic OH excluding ortho intramolecular Hbond substituents is 4. The van der Waals surface area contributed by atoms with Crippen LogP contribution in [0.5, 0.6) is 28.7 Å². The molecule has 212 valence electrons. The van der Waals surface area contributed by atoms with Gasteiger partial charge in [-0.1, -0.05) is 12.1 Å². The van der Waals surface area contributed by atoms with E-state index in [0.717, 1.165) is 24.3 Å². The normalized spacial score (nSPS) is 22.3. The molecule has 7 N–H and O–H groups in total. The summed E-state index contributed by atoms with van der Waals surface area (Å²) in [7, 11) is 0. The highest BCUT2D eigenvalue weighted by molar-refractivity contribution is 5.90. The van der Waals surface area contributed by atoms with E-state index in [2.05, 4.69) is 0 Å². The number of hydrogen-bond acceptors (Lipinski definition) is 13. The van der Waals surface area contributed by atoms with E-state index >= 15 is 0 Å². The van der Waals surface area contributed by atoms with E-state index in [4.69, 9.17) is 18.9 Å². The van der Waals surface area contributed by atoms with Crippen LogP contribution in [0, 0.1) is 0 Å². The largest absolute Gasteiger partial charge is 0.504 e. The summed E-state index contributed by atoms with van der Waals surface area (Å²) in [5.74, 6) is -3.22. The fourth-order valence-corrected chi connectivity index (χ4v) is 3.72. The highest BCUT2D eigenvalue weighted by Crippen LogP contribution is 2.28. The van der Waals surface area contributed by atoms with E-state index in [-0.39, 0.29) is 29.2 Å². The highest BCUT2D eigenvalue weighted by atomic mass is 16.7. The van der Waals surface area contributed by atoms with Gasteiger partial charge in [-0.2, -0.15) is 0 Å². The topological polar surface area (TPSA) is 213 Å². The number of carbonyl (C=O) groups excluding carboxylic acids is 2. The molecule has 0 bridgehead atoms. The Balaban J connectivity index is 1.32. The van der Waals surface area contributed by atoms with Crippen molar-refractivity contribution in [2.75, 3.05) is 6.61 Å². The molecule has 0 spiro atoms. The van der Waals surface area contributed by atoms with E-state index in [1.165, 1.54) is 24.3 Å². The number of aliphatic hydroxyl groups excluding tert-OH is 3. The number of aromatic hydroxyl groups is 4. The molecule has 0 aromatic heterocycles. The van der Waals surface area contributed by atoms with Crippen molar-refractivity contribution in [1.29, 1.82) is 0 Å². The maximum Gasteiger partial charge on any atom is 0.338 e. The standard InChI is InChI=1S/C27H26O13/c28-17-7-3-14(9-19(17)30)25(35)37-11-13-1-5-16(6-2-13)39-27-24(34)23(33)22(32)21(40-27)12-38-26(36)15-4-8-18(29)20(31)10-15/h1-10,21-24,27-34H,11-12H2. The number of hydrogen-bond donors (Lipinski definition) is 7. The van der Waals surface area contributed by atoms with E-state index in [1.807, 2.05) is 0 Å². The molecule has 13 nitrogen and oxygen atoms in total. The number of rotatable bonds is 8. The molecule has 3 aromatic carbocycles. The number of esters is 2. The number of ether oxygens (including phenoxy) is 4. The molecule has 0 radical (unpaired) electrons. The molecule has 5 unspecified atom stereocenters. The first-order valence-corrected chi connectivity index (χ1v) is 11.9. The first kappa shape index (κ1) is 28.4.